The molecule has 3 aromatic rings. The van der Waals surface area contributed by atoms with Gasteiger partial charge >= 0.3 is 12.1 Å². The number of alkyl halides is 3. The van der Waals surface area contributed by atoms with Crippen molar-refractivity contribution in [3.8, 4) is 0 Å². The largest absolute Gasteiger partial charge is 0.490 e. The molecule has 0 aliphatic rings. The van der Waals surface area contributed by atoms with E-state index in [1.165, 1.54) is 0 Å². The van der Waals surface area contributed by atoms with E-state index in [0.29, 0.717) is 6.54 Å². The molecule has 0 saturated heterocycles. The third-order valence-electron chi connectivity index (χ3n) is 2.91. The van der Waals surface area contributed by atoms with Crippen molar-refractivity contribution in [2.45, 2.75) is 12.7 Å². The van der Waals surface area contributed by atoms with Gasteiger partial charge in [0.25, 0.3) is 0 Å². The molecule has 3 rings (SSSR count). The molecule has 25 heavy (non-hydrogen) atoms. The van der Waals surface area contributed by atoms with Crippen LogP contribution in [0.2, 0.25) is 0 Å². The first-order valence-corrected chi connectivity index (χ1v) is 7.69. The van der Waals surface area contributed by atoms with Gasteiger partial charge in [-0.1, -0.05) is 0 Å². The van der Waals surface area contributed by atoms with Gasteiger partial charge in [0.15, 0.2) is 0 Å². The summed E-state index contributed by atoms with van der Waals surface area (Å²) in [7, 11) is 0. The Kier molecular flexibility index (Phi) is 5.75. The Bertz CT molecular complexity index is 921. The number of aliphatic carboxylic acids is 1. The van der Waals surface area contributed by atoms with Crippen molar-refractivity contribution in [2.24, 2.45) is 0 Å². The average molecular weight is 371 g/mol. The Balaban J connectivity index is 0.000000277. The first-order valence-electron chi connectivity index (χ1n) is 6.81. The van der Waals surface area contributed by atoms with Crippen molar-refractivity contribution < 1.29 is 23.1 Å². The zero-order valence-corrected chi connectivity index (χ0v) is 13.3. The normalized spacial score (nSPS) is 10.8. The number of nitrogens with one attached hydrogen (secondary N) is 2. The van der Waals surface area contributed by atoms with E-state index in [1.54, 1.807) is 29.8 Å². The molecule has 0 spiro atoms. The van der Waals surface area contributed by atoms with E-state index in [2.05, 4.69) is 15.3 Å². The fourth-order valence-electron chi connectivity index (χ4n) is 1.81. The monoisotopic (exact) mass is 371 g/mol. The van der Waals surface area contributed by atoms with Crippen LogP contribution >= 0.6 is 11.3 Å². The Hall–Kier alpha value is -2.88. The maximum absolute atomic E-state index is 11.2. The highest BCUT2D eigenvalue weighted by atomic mass is 32.1. The van der Waals surface area contributed by atoms with Crippen LogP contribution in [0.1, 0.15) is 5.56 Å². The fourth-order valence-corrected chi connectivity index (χ4v) is 2.65. The highest BCUT2D eigenvalue weighted by molar-refractivity contribution is 7.17. The summed E-state index contributed by atoms with van der Waals surface area (Å²) in [6, 6.07) is 7.44. The molecule has 6 nitrogen and oxygen atoms in total. The molecule has 0 unspecified atom stereocenters. The van der Waals surface area contributed by atoms with Crippen molar-refractivity contribution in [1.29, 1.82) is 0 Å². The number of carboxylic acid groups (broad SMARTS) is 1. The van der Waals surface area contributed by atoms with E-state index in [4.69, 9.17) is 9.90 Å². The van der Waals surface area contributed by atoms with Crippen LogP contribution in [0.4, 0.5) is 18.9 Å². The van der Waals surface area contributed by atoms with E-state index in [1.807, 2.05) is 23.6 Å². The topological polar surface area (TPSA) is 95.1 Å². The number of anilines is 1. The number of rotatable bonds is 3. The van der Waals surface area contributed by atoms with Gasteiger partial charge in [-0.25, -0.2) is 4.79 Å². The lowest BCUT2D eigenvalue weighted by molar-refractivity contribution is -0.192. The molecular formula is C15H12F3N3O3S. The summed E-state index contributed by atoms with van der Waals surface area (Å²) >= 11 is 1.66. The molecule has 132 valence electrons. The minimum absolute atomic E-state index is 0.0784. The predicted molar refractivity (Wildman–Crippen MR) is 87.7 cm³/mol. The van der Waals surface area contributed by atoms with Gasteiger partial charge in [0, 0.05) is 25.0 Å². The molecule has 0 radical (unpaired) electrons. The number of fused-ring (bicyclic) bond motifs is 1. The molecule has 0 aliphatic carbocycles. The fraction of sp³-hybridized carbons (Fsp3) is 0.133. The molecule has 0 amide bonds. The van der Waals surface area contributed by atoms with Gasteiger partial charge in [0.2, 0.25) is 5.56 Å². The molecule has 3 aromatic heterocycles. The van der Waals surface area contributed by atoms with Crippen molar-refractivity contribution in [3.63, 3.8) is 0 Å². The zero-order valence-electron chi connectivity index (χ0n) is 12.5. The highest BCUT2D eigenvalue weighted by Crippen LogP contribution is 2.26. The summed E-state index contributed by atoms with van der Waals surface area (Å²) in [5.74, 6) is -2.76. The van der Waals surface area contributed by atoms with Crippen LogP contribution in [0.3, 0.4) is 0 Å². The molecule has 3 N–H and O–H groups in total. The Labute approximate surface area is 143 Å². The van der Waals surface area contributed by atoms with Gasteiger partial charge in [-0.3, -0.25) is 9.78 Å². The summed E-state index contributed by atoms with van der Waals surface area (Å²) < 4.78 is 32.9. The predicted octanol–water partition coefficient (Wildman–Crippen LogP) is 3.23. The third kappa shape index (κ3) is 5.31. The number of carbonyl (C=O) groups is 1. The Morgan fingerprint density at radius 3 is 2.68 bits per heavy atom. The molecule has 0 saturated carbocycles. The third-order valence-corrected chi connectivity index (χ3v) is 3.85. The summed E-state index contributed by atoms with van der Waals surface area (Å²) in [5, 5.41) is 12.5. The second kappa shape index (κ2) is 7.79. The van der Waals surface area contributed by atoms with Gasteiger partial charge in [-0.05, 0) is 29.1 Å². The Morgan fingerprint density at radius 1 is 1.32 bits per heavy atom. The number of hydrogen-bond donors (Lipinski definition) is 3. The number of halogens is 3. The summed E-state index contributed by atoms with van der Waals surface area (Å²) in [5.41, 5.74) is 2.93. The highest BCUT2D eigenvalue weighted by Gasteiger charge is 2.38. The molecule has 0 atom stereocenters. The smallest absolute Gasteiger partial charge is 0.475 e. The zero-order chi connectivity index (χ0) is 18.4. The van der Waals surface area contributed by atoms with E-state index in [-0.39, 0.29) is 5.56 Å². The van der Waals surface area contributed by atoms with E-state index >= 15 is 0 Å². The lowest BCUT2D eigenvalue weighted by atomic mass is 10.2. The number of aromatic amines is 1. The lowest BCUT2D eigenvalue weighted by Gasteiger charge is -2.06. The molecule has 0 bridgehead atoms. The second-order valence-corrected chi connectivity index (χ2v) is 5.63. The number of H-pyrrole nitrogens is 1. The standard InChI is InChI=1S/C13H11N3OS.C2HF3O2/c17-12-7-9(1-4-15-12)8-16-10-2-5-14-11-3-6-18-13(10)11;3-2(4,5)1(6)7/h1-7H,8H2,(H,14,16)(H,15,17);(H,6,7). The summed E-state index contributed by atoms with van der Waals surface area (Å²) in [4.78, 5) is 27.0. The molecule has 3 heterocycles. The van der Waals surface area contributed by atoms with Crippen LogP contribution in [-0.2, 0) is 11.3 Å². The number of hydrogen-bond acceptors (Lipinski definition) is 5. The number of pyridine rings is 2. The number of nitrogens with zero attached hydrogens (tertiary/aromatic N) is 1. The van der Waals surface area contributed by atoms with E-state index in [0.717, 1.165) is 21.5 Å². The second-order valence-electron chi connectivity index (χ2n) is 4.71. The number of thiophene rings is 1. The van der Waals surface area contributed by atoms with Crippen LogP contribution in [0.5, 0.6) is 0 Å². The lowest BCUT2D eigenvalue weighted by Crippen LogP contribution is -2.21. The van der Waals surface area contributed by atoms with Crippen LogP contribution < -0.4 is 10.9 Å². The first kappa shape index (κ1) is 18.5. The SMILES string of the molecule is O=C(O)C(F)(F)F.O=c1cc(CNc2ccnc3ccsc23)cc[nH]1. The van der Waals surface area contributed by atoms with E-state index in [9.17, 15) is 18.0 Å². The minimum atomic E-state index is -5.08. The Morgan fingerprint density at radius 2 is 2.04 bits per heavy atom. The average Bonchev–Trinajstić information content (AvgIpc) is 3.02. The van der Waals surface area contributed by atoms with Gasteiger partial charge in [-0.15, -0.1) is 11.3 Å². The van der Waals surface area contributed by atoms with Gasteiger partial charge in [0.1, 0.15) is 0 Å². The molecule has 10 heteroatoms. The van der Waals surface area contributed by atoms with Crippen molar-refractivity contribution >= 4 is 33.2 Å². The van der Waals surface area contributed by atoms with Crippen LogP contribution in [0.15, 0.2) is 46.8 Å². The molecule has 0 aromatic carbocycles. The first-order chi connectivity index (χ1) is 11.8. The van der Waals surface area contributed by atoms with Gasteiger partial charge in [0.05, 0.1) is 15.9 Å². The molecule has 0 aliphatic heterocycles. The van der Waals surface area contributed by atoms with Crippen LogP contribution in [0, 0.1) is 0 Å². The van der Waals surface area contributed by atoms with Crippen LogP contribution in [0.25, 0.3) is 10.2 Å². The summed E-state index contributed by atoms with van der Waals surface area (Å²) in [6.45, 7) is 0.626. The van der Waals surface area contributed by atoms with Crippen LogP contribution in [-0.4, -0.2) is 27.2 Å². The maximum atomic E-state index is 11.2. The van der Waals surface area contributed by atoms with Crippen molar-refractivity contribution in [2.75, 3.05) is 5.32 Å². The van der Waals surface area contributed by atoms with Crippen molar-refractivity contribution in [3.05, 3.63) is 58.0 Å². The molecule has 0 fully saturated rings. The maximum Gasteiger partial charge on any atom is 0.490 e. The number of aromatic nitrogens is 2. The quantitative estimate of drug-likeness (QED) is 0.657. The van der Waals surface area contributed by atoms with E-state index < -0.39 is 12.1 Å². The minimum Gasteiger partial charge on any atom is -0.475 e. The summed E-state index contributed by atoms with van der Waals surface area (Å²) in [6.07, 6.45) is -1.64. The molecular weight excluding hydrogens is 359 g/mol. The van der Waals surface area contributed by atoms with Crippen molar-refractivity contribution in [1.82, 2.24) is 9.97 Å². The van der Waals surface area contributed by atoms with Gasteiger partial charge in [-0.2, -0.15) is 13.2 Å². The van der Waals surface area contributed by atoms with Gasteiger partial charge < -0.3 is 15.4 Å². The number of carboxylic acids is 1.